The first-order valence-corrected chi connectivity index (χ1v) is 14.1. The van der Waals surface area contributed by atoms with Gasteiger partial charge in [-0.3, -0.25) is 24.0 Å². The van der Waals surface area contributed by atoms with Crippen molar-refractivity contribution < 1.29 is 4.79 Å². The number of carbonyl (C=O) groups excluding carboxylic acids is 1. The van der Waals surface area contributed by atoms with E-state index in [2.05, 4.69) is 47.1 Å². The van der Waals surface area contributed by atoms with Crippen molar-refractivity contribution in [2.75, 3.05) is 37.6 Å². The van der Waals surface area contributed by atoms with Crippen molar-refractivity contribution in [3.63, 3.8) is 0 Å². The number of benzene rings is 1. The molecule has 1 aromatic carbocycles. The molecule has 0 bridgehead atoms. The summed E-state index contributed by atoms with van der Waals surface area (Å²) in [6, 6.07) is 12.5. The van der Waals surface area contributed by atoms with Crippen molar-refractivity contribution in [1.29, 1.82) is 5.26 Å². The summed E-state index contributed by atoms with van der Waals surface area (Å²) < 4.78 is 2.24. The number of carbonyl (C=O) groups is 1. The van der Waals surface area contributed by atoms with E-state index >= 15 is 0 Å². The average molecular weight is 536 g/mol. The minimum Gasteiger partial charge on any atom is -0.355 e. The molecule has 2 aromatic rings. The van der Waals surface area contributed by atoms with Crippen LogP contribution in [-0.2, 0) is 17.9 Å². The predicted molar refractivity (Wildman–Crippen MR) is 155 cm³/mol. The standard InChI is InChI=1S/C28H33N5O2S2/c1-4-6-12-33-27(35)24(37-28(33)36)17-22-20(3)23(18-29)26(34)32(5-2)25(22)31-15-13-30(14-16-31)19-21-10-8-7-9-11-21/h7-11,17H,4-6,12-16,19H2,1-3H3/b24-17+. The smallest absolute Gasteiger partial charge is 0.270 e. The van der Waals surface area contributed by atoms with Gasteiger partial charge in [-0.05, 0) is 37.5 Å². The minimum atomic E-state index is -0.281. The Kier molecular flexibility index (Phi) is 8.85. The zero-order chi connectivity index (χ0) is 26.5. The largest absolute Gasteiger partial charge is 0.355 e. The number of nitriles is 1. The molecular formula is C28H33N5O2S2. The molecule has 1 aromatic heterocycles. The zero-order valence-electron chi connectivity index (χ0n) is 21.7. The van der Waals surface area contributed by atoms with Gasteiger partial charge in [-0.25, -0.2) is 0 Å². The number of anilines is 1. The second kappa shape index (κ2) is 12.1. The molecule has 0 radical (unpaired) electrons. The Bertz CT molecular complexity index is 1300. The summed E-state index contributed by atoms with van der Waals surface area (Å²) in [7, 11) is 0. The first kappa shape index (κ1) is 27.1. The lowest BCUT2D eigenvalue weighted by Gasteiger charge is -2.38. The summed E-state index contributed by atoms with van der Waals surface area (Å²) in [6.07, 6.45) is 3.71. The van der Waals surface area contributed by atoms with Crippen LogP contribution in [0.25, 0.3) is 6.08 Å². The van der Waals surface area contributed by atoms with E-state index in [1.807, 2.05) is 19.1 Å². The maximum Gasteiger partial charge on any atom is 0.270 e. The third-order valence-electron chi connectivity index (χ3n) is 6.97. The van der Waals surface area contributed by atoms with E-state index in [0.717, 1.165) is 56.9 Å². The SMILES string of the molecule is CCCCN1C(=O)/C(=C\c2c(C)c(C#N)c(=O)n(CC)c2N2CCN(Cc3ccccc3)CC2)SC1=S. The van der Waals surface area contributed by atoms with Gasteiger partial charge in [0.05, 0.1) is 4.91 Å². The lowest BCUT2D eigenvalue weighted by molar-refractivity contribution is -0.122. The van der Waals surface area contributed by atoms with Gasteiger partial charge in [0, 0.05) is 51.4 Å². The molecule has 1 amide bonds. The Balaban J connectivity index is 1.70. The van der Waals surface area contributed by atoms with Crippen LogP contribution in [0.2, 0.25) is 0 Å². The first-order valence-electron chi connectivity index (χ1n) is 12.8. The van der Waals surface area contributed by atoms with Crippen LogP contribution in [0, 0.1) is 18.3 Å². The summed E-state index contributed by atoms with van der Waals surface area (Å²) >= 11 is 6.80. The van der Waals surface area contributed by atoms with Crippen LogP contribution in [0.15, 0.2) is 40.0 Å². The molecule has 7 nitrogen and oxygen atoms in total. The fourth-order valence-electron chi connectivity index (χ4n) is 4.88. The van der Waals surface area contributed by atoms with Crippen molar-refractivity contribution in [3.05, 3.63) is 67.8 Å². The highest BCUT2D eigenvalue weighted by atomic mass is 32.2. The molecule has 2 aliphatic heterocycles. The van der Waals surface area contributed by atoms with Gasteiger partial charge in [-0.2, -0.15) is 5.26 Å². The molecule has 0 atom stereocenters. The summed E-state index contributed by atoms with van der Waals surface area (Å²) in [4.78, 5) is 33.3. The lowest BCUT2D eigenvalue weighted by Crippen LogP contribution is -2.48. The van der Waals surface area contributed by atoms with Crippen LogP contribution in [0.4, 0.5) is 5.82 Å². The van der Waals surface area contributed by atoms with Crippen molar-refractivity contribution in [2.24, 2.45) is 0 Å². The molecule has 0 N–H and O–H groups in total. The number of unbranched alkanes of at least 4 members (excludes halogenated alkanes) is 1. The number of amides is 1. The van der Waals surface area contributed by atoms with Gasteiger partial charge in [0.25, 0.3) is 11.5 Å². The van der Waals surface area contributed by atoms with Crippen LogP contribution in [-0.4, -0.2) is 57.3 Å². The average Bonchev–Trinajstić information content (AvgIpc) is 3.17. The lowest BCUT2D eigenvalue weighted by atomic mass is 10.0. The van der Waals surface area contributed by atoms with E-state index in [4.69, 9.17) is 12.2 Å². The number of aromatic nitrogens is 1. The Morgan fingerprint density at radius 1 is 1.11 bits per heavy atom. The number of pyridine rings is 1. The molecule has 2 aliphatic rings. The van der Waals surface area contributed by atoms with Gasteiger partial charge in [-0.15, -0.1) is 0 Å². The molecular weight excluding hydrogens is 502 g/mol. The highest BCUT2D eigenvalue weighted by Crippen LogP contribution is 2.36. The van der Waals surface area contributed by atoms with E-state index in [0.29, 0.717) is 27.9 Å². The Morgan fingerprint density at radius 2 is 1.81 bits per heavy atom. The van der Waals surface area contributed by atoms with Crippen LogP contribution in [0.5, 0.6) is 0 Å². The van der Waals surface area contributed by atoms with Crippen LogP contribution < -0.4 is 10.5 Å². The second-order valence-corrected chi connectivity index (χ2v) is 11.0. The molecule has 4 rings (SSSR count). The first-order chi connectivity index (χ1) is 17.9. The van der Waals surface area contributed by atoms with E-state index < -0.39 is 0 Å². The maximum absolute atomic E-state index is 13.3. The topological polar surface area (TPSA) is 72.6 Å². The normalized spacial score (nSPS) is 17.6. The molecule has 37 heavy (non-hydrogen) atoms. The van der Waals surface area contributed by atoms with E-state index in [9.17, 15) is 14.9 Å². The predicted octanol–water partition coefficient (Wildman–Crippen LogP) is 4.37. The summed E-state index contributed by atoms with van der Waals surface area (Å²) in [5.41, 5.74) is 2.49. The summed E-state index contributed by atoms with van der Waals surface area (Å²) in [5.74, 6) is 0.677. The van der Waals surface area contributed by atoms with Crippen molar-refractivity contribution in [3.8, 4) is 6.07 Å². The molecule has 0 aliphatic carbocycles. The Hall–Kier alpha value is -2.93. The number of piperazine rings is 1. The third kappa shape index (κ3) is 5.66. The van der Waals surface area contributed by atoms with Gasteiger partial charge in [0.2, 0.25) is 0 Å². The van der Waals surface area contributed by atoms with E-state index in [-0.39, 0.29) is 17.0 Å². The molecule has 3 heterocycles. The zero-order valence-corrected chi connectivity index (χ0v) is 23.3. The highest BCUT2D eigenvalue weighted by Gasteiger charge is 2.33. The Morgan fingerprint density at radius 3 is 2.43 bits per heavy atom. The van der Waals surface area contributed by atoms with Crippen LogP contribution in [0.3, 0.4) is 0 Å². The number of hydrogen-bond acceptors (Lipinski definition) is 7. The third-order valence-corrected chi connectivity index (χ3v) is 8.35. The van der Waals surface area contributed by atoms with Gasteiger partial charge in [0.15, 0.2) is 0 Å². The molecule has 2 saturated heterocycles. The summed E-state index contributed by atoms with van der Waals surface area (Å²) in [5, 5.41) is 9.81. The second-order valence-electron chi connectivity index (χ2n) is 9.33. The van der Waals surface area contributed by atoms with Gasteiger partial charge >= 0.3 is 0 Å². The highest BCUT2D eigenvalue weighted by molar-refractivity contribution is 8.26. The van der Waals surface area contributed by atoms with Crippen LogP contribution >= 0.6 is 24.0 Å². The summed E-state index contributed by atoms with van der Waals surface area (Å²) in [6.45, 7) is 10.9. The number of rotatable bonds is 8. The molecule has 0 spiro atoms. The number of thiocarbonyl (C=S) groups is 1. The van der Waals surface area contributed by atoms with E-state index in [1.165, 1.54) is 17.3 Å². The number of thioether (sulfide) groups is 1. The maximum atomic E-state index is 13.3. The number of hydrogen-bond donors (Lipinski definition) is 0. The fraction of sp³-hybridized carbons (Fsp3) is 0.429. The van der Waals surface area contributed by atoms with Crippen LogP contribution in [0.1, 0.15) is 48.9 Å². The van der Waals surface area contributed by atoms with Gasteiger partial charge < -0.3 is 4.90 Å². The molecule has 0 saturated carbocycles. The quantitative estimate of drug-likeness (QED) is 0.367. The Labute approximate surface area is 228 Å². The molecule has 9 heteroatoms. The van der Waals surface area contributed by atoms with Gasteiger partial charge in [-0.1, -0.05) is 67.7 Å². The van der Waals surface area contributed by atoms with Crippen molar-refractivity contribution >= 4 is 46.1 Å². The van der Waals surface area contributed by atoms with E-state index in [1.54, 1.807) is 16.4 Å². The molecule has 194 valence electrons. The number of nitrogens with zero attached hydrogens (tertiary/aromatic N) is 5. The monoisotopic (exact) mass is 535 g/mol. The van der Waals surface area contributed by atoms with Gasteiger partial charge in [0.1, 0.15) is 21.8 Å². The van der Waals surface area contributed by atoms with Crippen molar-refractivity contribution in [2.45, 2.75) is 46.7 Å². The molecule has 2 fully saturated rings. The minimum absolute atomic E-state index is 0.103. The molecule has 0 unspecified atom stereocenters. The van der Waals surface area contributed by atoms with Crippen molar-refractivity contribution in [1.82, 2.24) is 14.4 Å². The fourth-order valence-corrected chi connectivity index (χ4v) is 6.17.